The van der Waals surface area contributed by atoms with Crippen molar-refractivity contribution < 1.29 is 9.84 Å². The lowest BCUT2D eigenvalue weighted by molar-refractivity contribution is 0.388. The number of hydrogen-bond donors (Lipinski definition) is 2. The highest BCUT2D eigenvalue weighted by atomic mass is 16.5. The molecule has 1 aliphatic rings. The number of benzene rings is 1. The van der Waals surface area contributed by atoms with Crippen LogP contribution in [0.1, 0.15) is 31.0 Å². The minimum atomic E-state index is 0.203. The van der Waals surface area contributed by atoms with Gasteiger partial charge in [0.05, 0.1) is 7.11 Å². The normalized spacial score (nSPS) is 24.7. The average molecular weight is 207 g/mol. The molecule has 3 heteroatoms. The summed E-state index contributed by atoms with van der Waals surface area (Å²) in [6, 6.07) is 4.34. The van der Waals surface area contributed by atoms with E-state index in [0.29, 0.717) is 11.8 Å². The monoisotopic (exact) mass is 207 g/mol. The van der Waals surface area contributed by atoms with Gasteiger partial charge in [-0.3, -0.25) is 0 Å². The van der Waals surface area contributed by atoms with E-state index in [1.807, 2.05) is 6.07 Å². The molecule has 0 amide bonds. The molecule has 0 bridgehead atoms. The summed E-state index contributed by atoms with van der Waals surface area (Å²) in [6.07, 6.45) is 0.935. The fourth-order valence-electron chi connectivity index (χ4n) is 2.35. The Bertz CT molecular complexity index is 376. The van der Waals surface area contributed by atoms with E-state index in [9.17, 15) is 5.11 Å². The van der Waals surface area contributed by atoms with Crippen LogP contribution < -0.4 is 10.1 Å². The van der Waals surface area contributed by atoms with Crippen LogP contribution in [0.3, 0.4) is 0 Å². The number of phenols is 1. The second-order valence-corrected chi connectivity index (χ2v) is 4.21. The Kier molecular flexibility index (Phi) is 2.57. The molecule has 0 radical (unpaired) electrons. The number of aromatic hydroxyl groups is 1. The first kappa shape index (κ1) is 10.3. The summed E-state index contributed by atoms with van der Waals surface area (Å²) < 4.78 is 5.15. The van der Waals surface area contributed by atoms with Crippen LogP contribution in [0.4, 0.5) is 0 Å². The largest absolute Gasteiger partial charge is 0.507 e. The summed E-state index contributed by atoms with van der Waals surface area (Å²) in [4.78, 5) is 0. The van der Waals surface area contributed by atoms with Crippen molar-refractivity contribution in [1.29, 1.82) is 0 Å². The molecule has 1 heterocycles. The van der Waals surface area contributed by atoms with E-state index >= 15 is 0 Å². The van der Waals surface area contributed by atoms with Crippen molar-refractivity contribution in [1.82, 2.24) is 5.32 Å². The quantitative estimate of drug-likeness (QED) is 0.740. The number of phenolic OH excluding ortho intramolecular Hbond substituents is 1. The zero-order valence-electron chi connectivity index (χ0n) is 9.37. The molecule has 1 aliphatic heterocycles. The number of rotatable bonds is 1. The Hall–Kier alpha value is -1.22. The molecule has 1 aromatic carbocycles. The van der Waals surface area contributed by atoms with Crippen LogP contribution in [0.2, 0.25) is 0 Å². The van der Waals surface area contributed by atoms with Gasteiger partial charge < -0.3 is 15.2 Å². The number of fused-ring (bicyclic) bond motifs is 1. The topological polar surface area (TPSA) is 41.5 Å². The van der Waals surface area contributed by atoms with Gasteiger partial charge in [0, 0.05) is 23.7 Å². The zero-order chi connectivity index (χ0) is 11.0. The van der Waals surface area contributed by atoms with Gasteiger partial charge in [0.2, 0.25) is 0 Å². The van der Waals surface area contributed by atoms with Crippen molar-refractivity contribution in [2.45, 2.75) is 32.4 Å². The Morgan fingerprint density at radius 2 is 2.13 bits per heavy atom. The van der Waals surface area contributed by atoms with E-state index in [0.717, 1.165) is 17.7 Å². The highest BCUT2D eigenvalue weighted by Gasteiger charge is 2.24. The highest BCUT2D eigenvalue weighted by molar-refractivity contribution is 5.48. The second-order valence-electron chi connectivity index (χ2n) is 4.21. The van der Waals surface area contributed by atoms with Gasteiger partial charge in [-0.05, 0) is 31.9 Å². The van der Waals surface area contributed by atoms with Gasteiger partial charge in [0.25, 0.3) is 0 Å². The molecule has 0 saturated carbocycles. The smallest absolute Gasteiger partial charge is 0.124 e. The Balaban J connectivity index is 2.50. The predicted molar refractivity (Wildman–Crippen MR) is 59.4 cm³/mol. The second kappa shape index (κ2) is 3.74. The molecule has 0 fully saturated rings. The summed E-state index contributed by atoms with van der Waals surface area (Å²) in [7, 11) is 1.62. The first-order valence-electron chi connectivity index (χ1n) is 5.27. The van der Waals surface area contributed by atoms with E-state index in [1.165, 1.54) is 5.56 Å². The van der Waals surface area contributed by atoms with Gasteiger partial charge in [-0.2, -0.15) is 0 Å². The Labute approximate surface area is 90.1 Å². The van der Waals surface area contributed by atoms with E-state index in [1.54, 1.807) is 13.2 Å². The summed E-state index contributed by atoms with van der Waals surface area (Å²) in [6.45, 7) is 4.22. The van der Waals surface area contributed by atoms with Crippen LogP contribution >= 0.6 is 0 Å². The van der Waals surface area contributed by atoms with E-state index in [4.69, 9.17) is 4.74 Å². The van der Waals surface area contributed by atoms with Crippen LogP contribution in [0.15, 0.2) is 12.1 Å². The van der Waals surface area contributed by atoms with Gasteiger partial charge in [0.15, 0.2) is 0 Å². The van der Waals surface area contributed by atoms with Crippen LogP contribution in [0, 0.1) is 0 Å². The summed E-state index contributed by atoms with van der Waals surface area (Å²) >= 11 is 0. The van der Waals surface area contributed by atoms with Crippen LogP contribution in [-0.2, 0) is 6.42 Å². The van der Waals surface area contributed by atoms with Crippen molar-refractivity contribution >= 4 is 0 Å². The number of hydrogen-bond acceptors (Lipinski definition) is 3. The third kappa shape index (κ3) is 1.79. The lowest BCUT2D eigenvalue weighted by Crippen LogP contribution is -2.35. The van der Waals surface area contributed by atoms with E-state index in [-0.39, 0.29) is 6.04 Å². The summed E-state index contributed by atoms with van der Waals surface area (Å²) in [5, 5.41) is 13.3. The maximum Gasteiger partial charge on any atom is 0.124 e. The first-order valence-corrected chi connectivity index (χ1v) is 5.27. The molecular weight excluding hydrogens is 190 g/mol. The number of methoxy groups -OCH3 is 1. The van der Waals surface area contributed by atoms with Gasteiger partial charge in [-0.15, -0.1) is 0 Å². The SMILES string of the molecule is COc1cc(O)c2c(c1)C[C@@H](C)N[C@H]2C. The van der Waals surface area contributed by atoms with Crippen molar-refractivity contribution in [2.24, 2.45) is 0 Å². The average Bonchev–Trinajstić information content (AvgIpc) is 2.15. The van der Waals surface area contributed by atoms with Crippen molar-refractivity contribution in [3.8, 4) is 11.5 Å². The third-order valence-electron chi connectivity index (χ3n) is 2.95. The van der Waals surface area contributed by atoms with Crippen LogP contribution in [-0.4, -0.2) is 18.3 Å². The van der Waals surface area contributed by atoms with E-state index < -0.39 is 0 Å². The van der Waals surface area contributed by atoms with E-state index in [2.05, 4.69) is 19.2 Å². The molecule has 0 aliphatic carbocycles. The molecule has 3 nitrogen and oxygen atoms in total. The molecule has 0 unspecified atom stereocenters. The predicted octanol–water partition coefficient (Wildman–Crippen LogP) is 2.00. The summed E-state index contributed by atoms with van der Waals surface area (Å²) in [5.41, 5.74) is 2.19. The minimum absolute atomic E-state index is 0.203. The lowest BCUT2D eigenvalue weighted by atomic mass is 9.90. The van der Waals surface area contributed by atoms with Crippen molar-refractivity contribution in [3.63, 3.8) is 0 Å². The third-order valence-corrected chi connectivity index (χ3v) is 2.95. The maximum absolute atomic E-state index is 9.90. The molecule has 1 aromatic rings. The van der Waals surface area contributed by atoms with Gasteiger partial charge in [0.1, 0.15) is 11.5 Å². The summed E-state index contributed by atoms with van der Waals surface area (Å²) in [5.74, 6) is 1.06. The lowest BCUT2D eigenvalue weighted by Gasteiger charge is -2.30. The minimum Gasteiger partial charge on any atom is -0.507 e. The zero-order valence-corrected chi connectivity index (χ0v) is 9.37. The van der Waals surface area contributed by atoms with Gasteiger partial charge >= 0.3 is 0 Å². The Morgan fingerprint density at radius 1 is 1.40 bits per heavy atom. The molecule has 2 rings (SSSR count). The molecule has 2 N–H and O–H groups in total. The molecular formula is C12H17NO2. The highest BCUT2D eigenvalue weighted by Crippen LogP contribution is 2.35. The molecule has 82 valence electrons. The fraction of sp³-hybridized carbons (Fsp3) is 0.500. The number of ether oxygens (including phenoxy) is 1. The number of nitrogens with one attached hydrogen (secondary N) is 1. The molecule has 15 heavy (non-hydrogen) atoms. The van der Waals surface area contributed by atoms with Gasteiger partial charge in [-0.1, -0.05) is 0 Å². The van der Waals surface area contributed by atoms with Crippen LogP contribution in [0.5, 0.6) is 11.5 Å². The maximum atomic E-state index is 9.90. The molecule has 2 atom stereocenters. The molecule has 0 aromatic heterocycles. The van der Waals surface area contributed by atoms with Crippen molar-refractivity contribution in [3.05, 3.63) is 23.3 Å². The Morgan fingerprint density at radius 3 is 2.80 bits per heavy atom. The molecule has 0 spiro atoms. The standard InChI is InChI=1S/C12H17NO2/c1-7-4-9-5-10(15-3)6-11(14)12(9)8(2)13-7/h5-8,13-14H,4H2,1-3H3/t7-,8+/m1/s1. The first-order chi connectivity index (χ1) is 7.11. The fourth-order valence-corrected chi connectivity index (χ4v) is 2.35. The van der Waals surface area contributed by atoms with Crippen LogP contribution in [0.25, 0.3) is 0 Å². The molecule has 0 saturated heterocycles. The van der Waals surface area contributed by atoms with Crippen molar-refractivity contribution in [2.75, 3.05) is 7.11 Å². The van der Waals surface area contributed by atoms with Gasteiger partial charge in [-0.25, -0.2) is 0 Å².